The van der Waals surface area contributed by atoms with Gasteiger partial charge in [0.25, 0.3) is 0 Å². The Bertz CT molecular complexity index is 780. The van der Waals surface area contributed by atoms with Gasteiger partial charge in [0.1, 0.15) is 0 Å². The van der Waals surface area contributed by atoms with Crippen LogP contribution >= 0.6 is 0 Å². The molecule has 0 fully saturated rings. The number of pyridine rings is 1. The maximum atomic E-state index is 11.7. The summed E-state index contributed by atoms with van der Waals surface area (Å²) >= 11 is 0. The van der Waals surface area contributed by atoms with Crippen LogP contribution in [-0.2, 0) is 13.1 Å². The summed E-state index contributed by atoms with van der Waals surface area (Å²) in [7, 11) is 0. The van der Waals surface area contributed by atoms with E-state index in [1.165, 1.54) is 16.7 Å². The lowest BCUT2D eigenvalue weighted by molar-refractivity contribution is 0.585. The molecule has 0 amide bonds. The molecule has 1 heterocycles. The van der Waals surface area contributed by atoms with Crippen molar-refractivity contribution >= 4 is 5.96 Å². The minimum absolute atomic E-state index is 0.0591. The molecule has 2 N–H and O–H groups in total. The Kier molecular flexibility index (Phi) is 7.93. The molecule has 5 heteroatoms. The van der Waals surface area contributed by atoms with E-state index in [0.29, 0.717) is 6.54 Å². The van der Waals surface area contributed by atoms with Gasteiger partial charge in [-0.3, -0.25) is 4.79 Å². The molecular weight excluding hydrogens is 324 g/mol. The fraction of sp³-hybridized carbons (Fsp3) is 0.429. The van der Waals surface area contributed by atoms with Gasteiger partial charge in [-0.1, -0.05) is 29.8 Å². The predicted octanol–water partition coefficient (Wildman–Crippen LogP) is 3.00. The van der Waals surface area contributed by atoms with Gasteiger partial charge in [0.2, 0.25) is 5.56 Å². The highest BCUT2D eigenvalue weighted by Crippen LogP contribution is 2.11. The van der Waals surface area contributed by atoms with Crippen LogP contribution in [0.15, 0.2) is 52.4 Å². The standard InChI is InChI=1S/C21H30N4O/c1-4-22-21(24-16-19-11-10-17(2)15-18(19)3)23-12-6-8-14-25-13-7-5-9-20(25)26/h5,7,9-11,13,15H,4,6,8,12,14,16H2,1-3H3,(H2,22,23,24). The van der Waals surface area contributed by atoms with Crippen LogP contribution in [-0.4, -0.2) is 23.6 Å². The highest BCUT2D eigenvalue weighted by atomic mass is 16.1. The van der Waals surface area contributed by atoms with Crippen LogP contribution < -0.4 is 16.2 Å². The molecule has 0 atom stereocenters. The quantitative estimate of drug-likeness (QED) is 0.435. The molecule has 0 radical (unpaired) electrons. The maximum Gasteiger partial charge on any atom is 0.250 e. The van der Waals surface area contributed by atoms with Gasteiger partial charge < -0.3 is 15.2 Å². The second-order valence-electron chi connectivity index (χ2n) is 6.49. The van der Waals surface area contributed by atoms with Gasteiger partial charge >= 0.3 is 0 Å². The van der Waals surface area contributed by atoms with Crippen LogP contribution in [0.25, 0.3) is 0 Å². The Balaban J connectivity index is 1.80. The molecule has 5 nitrogen and oxygen atoms in total. The summed E-state index contributed by atoms with van der Waals surface area (Å²) in [6.07, 6.45) is 3.77. The summed E-state index contributed by atoms with van der Waals surface area (Å²) in [5.41, 5.74) is 3.86. The van der Waals surface area contributed by atoms with Gasteiger partial charge in [-0.15, -0.1) is 0 Å². The smallest absolute Gasteiger partial charge is 0.250 e. The van der Waals surface area contributed by atoms with Crippen LogP contribution in [0.4, 0.5) is 0 Å². The first-order chi connectivity index (χ1) is 12.6. The van der Waals surface area contributed by atoms with E-state index in [2.05, 4.69) is 54.6 Å². The fourth-order valence-electron chi connectivity index (χ4n) is 2.79. The molecule has 0 spiro atoms. The number of guanidine groups is 1. The molecule has 140 valence electrons. The number of hydrogen-bond acceptors (Lipinski definition) is 2. The lowest BCUT2D eigenvalue weighted by Crippen LogP contribution is -2.37. The van der Waals surface area contributed by atoms with Gasteiger partial charge in [-0.2, -0.15) is 0 Å². The van der Waals surface area contributed by atoms with Crippen molar-refractivity contribution in [1.82, 2.24) is 15.2 Å². The summed E-state index contributed by atoms with van der Waals surface area (Å²) in [4.78, 5) is 16.3. The number of aryl methyl sites for hydroxylation is 3. The topological polar surface area (TPSA) is 58.4 Å². The van der Waals surface area contributed by atoms with Gasteiger partial charge in [-0.25, -0.2) is 4.99 Å². The minimum Gasteiger partial charge on any atom is -0.357 e. The third-order valence-electron chi connectivity index (χ3n) is 4.27. The first-order valence-corrected chi connectivity index (χ1v) is 9.34. The lowest BCUT2D eigenvalue weighted by Gasteiger charge is -2.12. The molecule has 0 aliphatic heterocycles. The summed E-state index contributed by atoms with van der Waals surface area (Å²) < 4.78 is 1.75. The number of benzene rings is 1. The third kappa shape index (κ3) is 6.39. The number of aliphatic imine (C=N–C) groups is 1. The maximum absolute atomic E-state index is 11.7. The van der Waals surface area contributed by atoms with E-state index in [-0.39, 0.29) is 5.56 Å². The number of nitrogens with one attached hydrogen (secondary N) is 2. The first kappa shape index (κ1) is 19.8. The Labute approximate surface area is 156 Å². The molecule has 2 rings (SSSR count). The number of hydrogen-bond donors (Lipinski definition) is 2. The van der Waals surface area contributed by atoms with E-state index in [9.17, 15) is 4.79 Å². The second kappa shape index (κ2) is 10.4. The molecule has 1 aromatic heterocycles. The largest absolute Gasteiger partial charge is 0.357 e. The molecular formula is C21H30N4O. The molecule has 0 saturated heterocycles. The lowest BCUT2D eigenvalue weighted by atomic mass is 10.1. The Hall–Kier alpha value is -2.56. The zero-order valence-corrected chi connectivity index (χ0v) is 16.1. The number of nitrogens with zero attached hydrogens (tertiary/aromatic N) is 2. The summed E-state index contributed by atoms with van der Waals surface area (Å²) in [6.45, 7) is 9.38. The highest BCUT2D eigenvalue weighted by Gasteiger charge is 2.01. The van der Waals surface area contributed by atoms with Crippen molar-refractivity contribution in [3.63, 3.8) is 0 Å². The third-order valence-corrected chi connectivity index (χ3v) is 4.27. The Morgan fingerprint density at radius 3 is 2.69 bits per heavy atom. The zero-order valence-electron chi connectivity index (χ0n) is 16.1. The Morgan fingerprint density at radius 2 is 1.96 bits per heavy atom. The number of aromatic nitrogens is 1. The molecule has 0 saturated carbocycles. The van der Waals surface area contributed by atoms with Crippen LogP contribution in [0.5, 0.6) is 0 Å². The zero-order chi connectivity index (χ0) is 18.8. The summed E-state index contributed by atoms with van der Waals surface area (Å²) in [5.74, 6) is 0.837. The normalized spacial score (nSPS) is 11.4. The van der Waals surface area contributed by atoms with Gasteiger partial charge in [-0.05, 0) is 50.8 Å². The summed E-state index contributed by atoms with van der Waals surface area (Å²) in [5, 5.41) is 6.66. The predicted molar refractivity (Wildman–Crippen MR) is 109 cm³/mol. The van der Waals surface area contributed by atoms with Crippen molar-refractivity contribution in [2.24, 2.45) is 4.99 Å². The first-order valence-electron chi connectivity index (χ1n) is 9.34. The molecule has 0 bridgehead atoms. The van der Waals surface area contributed by atoms with Crippen LogP contribution in [0.2, 0.25) is 0 Å². The number of unbranched alkanes of at least 4 members (excludes halogenated alkanes) is 1. The van der Waals surface area contributed by atoms with E-state index >= 15 is 0 Å². The molecule has 26 heavy (non-hydrogen) atoms. The van der Waals surface area contributed by atoms with Gasteiger partial charge in [0.05, 0.1) is 6.54 Å². The van der Waals surface area contributed by atoms with Crippen molar-refractivity contribution in [3.8, 4) is 0 Å². The minimum atomic E-state index is 0.0591. The Morgan fingerprint density at radius 1 is 1.12 bits per heavy atom. The molecule has 0 aliphatic rings. The number of rotatable bonds is 8. The highest BCUT2D eigenvalue weighted by molar-refractivity contribution is 5.79. The van der Waals surface area contributed by atoms with E-state index in [4.69, 9.17) is 0 Å². The van der Waals surface area contributed by atoms with Crippen molar-refractivity contribution in [3.05, 3.63) is 69.6 Å². The fourth-order valence-corrected chi connectivity index (χ4v) is 2.79. The van der Waals surface area contributed by atoms with Crippen molar-refractivity contribution in [1.29, 1.82) is 0 Å². The molecule has 0 aliphatic carbocycles. The SMILES string of the molecule is CCNC(=NCc1ccc(C)cc1C)NCCCCn1ccccc1=O. The van der Waals surface area contributed by atoms with Crippen molar-refractivity contribution < 1.29 is 0 Å². The van der Waals surface area contributed by atoms with E-state index in [1.807, 2.05) is 12.3 Å². The monoisotopic (exact) mass is 354 g/mol. The molecule has 1 aromatic carbocycles. The van der Waals surface area contributed by atoms with Crippen LogP contribution in [0.1, 0.15) is 36.5 Å². The average molecular weight is 354 g/mol. The van der Waals surface area contributed by atoms with Crippen LogP contribution in [0.3, 0.4) is 0 Å². The van der Waals surface area contributed by atoms with Crippen molar-refractivity contribution in [2.45, 2.75) is 46.7 Å². The van der Waals surface area contributed by atoms with Crippen LogP contribution in [0, 0.1) is 13.8 Å². The van der Waals surface area contributed by atoms with Gasteiger partial charge in [0.15, 0.2) is 5.96 Å². The van der Waals surface area contributed by atoms with Crippen molar-refractivity contribution in [2.75, 3.05) is 13.1 Å². The average Bonchev–Trinajstić information content (AvgIpc) is 2.62. The van der Waals surface area contributed by atoms with E-state index in [1.54, 1.807) is 16.7 Å². The van der Waals surface area contributed by atoms with Gasteiger partial charge in [0, 0.05) is 31.9 Å². The second-order valence-corrected chi connectivity index (χ2v) is 6.49. The van der Waals surface area contributed by atoms with E-state index < -0.39 is 0 Å². The molecule has 2 aromatic rings. The van der Waals surface area contributed by atoms with E-state index in [0.717, 1.165) is 38.4 Å². The molecule has 0 unspecified atom stereocenters. The summed E-state index contributed by atoms with van der Waals surface area (Å²) in [6, 6.07) is 11.7.